The molecule has 1 aliphatic carbocycles. The molecule has 2 heterocycles. The highest BCUT2D eigenvalue weighted by atomic mass is 32.2. The molecule has 2 saturated heterocycles. The van der Waals surface area contributed by atoms with Crippen LogP contribution in [0.15, 0.2) is 53.4 Å². The van der Waals surface area contributed by atoms with Gasteiger partial charge in [0, 0.05) is 25.0 Å². The number of carbonyl (C=O) groups excluding carboxylic acids is 3. The molecule has 0 aromatic heterocycles. The summed E-state index contributed by atoms with van der Waals surface area (Å²) in [5.74, 6) is 0.547. The number of ether oxygens (including phenoxy) is 1. The van der Waals surface area contributed by atoms with Gasteiger partial charge in [0.15, 0.2) is 9.84 Å². The second kappa shape index (κ2) is 12.3. The summed E-state index contributed by atoms with van der Waals surface area (Å²) < 4.78 is 30.0. The highest BCUT2D eigenvalue weighted by Gasteiger charge is 2.41. The van der Waals surface area contributed by atoms with E-state index in [0.717, 1.165) is 31.2 Å². The van der Waals surface area contributed by atoms with Gasteiger partial charge in [0.25, 0.3) is 5.91 Å². The first-order valence-corrected chi connectivity index (χ1v) is 16.5. The van der Waals surface area contributed by atoms with E-state index in [2.05, 4.69) is 10.6 Å². The lowest BCUT2D eigenvalue weighted by molar-refractivity contribution is -0.144. The lowest BCUT2D eigenvalue weighted by Crippen LogP contribution is -2.48. The molecule has 0 spiro atoms. The predicted molar refractivity (Wildman–Crippen MR) is 156 cm³/mol. The van der Waals surface area contributed by atoms with Crippen LogP contribution in [0, 0.1) is 5.92 Å². The highest BCUT2D eigenvalue weighted by molar-refractivity contribution is 8.00. The average molecular weight is 588 g/mol. The Morgan fingerprint density at radius 3 is 2.48 bits per heavy atom. The number of thioether (sulfide) groups is 1. The molecule has 2 N–H and O–H groups in total. The minimum Gasteiger partial charge on any atom is -0.465 e. The van der Waals surface area contributed by atoms with Crippen molar-refractivity contribution in [1.82, 2.24) is 10.2 Å². The summed E-state index contributed by atoms with van der Waals surface area (Å²) in [7, 11) is -3.28. The zero-order valence-electron chi connectivity index (χ0n) is 22.5. The van der Waals surface area contributed by atoms with E-state index in [1.807, 2.05) is 4.90 Å². The van der Waals surface area contributed by atoms with E-state index in [1.54, 1.807) is 67.2 Å². The number of nitrogens with one attached hydrogen (secondary N) is 2. The Morgan fingerprint density at radius 2 is 1.80 bits per heavy atom. The number of anilines is 1. The Labute approximate surface area is 240 Å². The summed E-state index contributed by atoms with van der Waals surface area (Å²) in [5, 5.41) is 6.17. The van der Waals surface area contributed by atoms with Crippen molar-refractivity contribution in [3.8, 4) is 0 Å². The number of carbonyl (C=O) groups is 3. The van der Waals surface area contributed by atoms with Gasteiger partial charge in [-0.3, -0.25) is 19.7 Å². The fourth-order valence-electron chi connectivity index (χ4n) is 5.21. The monoisotopic (exact) mass is 587 g/mol. The molecular formula is C29H37N3O6S2. The third kappa shape index (κ3) is 6.87. The summed E-state index contributed by atoms with van der Waals surface area (Å²) in [6, 6.07) is 13.0. The maximum Gasteiger partial charge on any atom is 0.324 e. The number of amides is 2. The van der Waals surface area contributed by atoms with Gasteiger partial charge in [-0.2, -0.15) is 0 Å². The van der Waals surface area contributed by atoms with Gasteiger partial charge in [0.1, 0.15) is 6.04 Å². The fourth-order valence-corrected chi connectivity index (χ4v) is 8.31. The molecule has 40 heavy (non-hydrogen) atoms. The van der Waals surface area contributed by atoms with Crippen LogP contribution in [0.2, 0.25) is 0 Å². The van der Waals surface area contributed by atoms with Crippen molar-refractivity contribution in [3.63, 3.8) is 0 Å². The van der Waals surface area contributed by atoms with Gasteiger partial charge in [0.2, 0.25) is 5.91 Å². The molecule has 2 aromatic carbocycles. The first-order chi connectivity index (χ1) is 19.2. The van der Waals surface area contributed by atoms with E-state index >= 15 is 0 Å². The topological polar surface area (TPSA) is 122 Å². The number of sulfone groups is 1. The van der Waals surface area contributed by atoms with E-state index in [-0.39, 0.29) is 54.8 Å². The molecule has 9 nitrogen and oxygen atoms in total. The van der Waals surface area contributed by atoms with E-state index in [1.165, 1.54) is 0 Å². The lowest BCUT2D eigenvalue weighted by Gasteiger charge is -2.29. The molecule has 2 aliphatic heterocycles. The molecule has 0 radical (unpaired) electrons. The van der Waals surface area contributed by atoms with Gasteiger partial charge < -0.3 is 15.0 Å². The molecule has 0 bridgehead atoms. The minimum absolute atomic E-state index is 0. The van der Waals surface area contributed by atoms with Gasteiger partial charge in [-0.25, -0.2) is 8.42 Å². The molecule has 3 aliphatic rings. The van der Waals surface area contributed by atoms with Crippen molar-refractivity contribution >= 4 is 45.1 Å². The highest BCUT2D eigenvalue weighted by Crippen LogP contribution is 2.33. The number of rotatable bonds is 10. The molecule has 2 aromatic rings. The lowest BCUT2D eigenvalue weighted by atomic mass is 10.1. The molecule has 3 unspecified atom stereocenters. The average Bonchev–Trinajstić information content (AvgIpc) is 3.38. The van der Waals surface area contributed by atoms with Crippen LogP contribution in [-0.4, -0.2) is 73.2 Å². The molecule has 1 saturated carbocycles. The second-order valence-corrected chi connectivity index (χ2v) is 13.8. The van der Waals surface area contributed by atoms with Gasteiger partial charge in [-0.05, 0) is 80.5 Å². The fraction of sp³-hybridized carbons (Fsp3) is 0.483. The number of hydrogen-bond donors (Lipinski definition) is 2. The maximum atomic E-state index is 13.3. The number of likely N-dealkylation sites (tertiary alicyclic amines) is 1. The van der Waals surface area contributed by atoms with Crippen LogP contribution in [-0.2, 0) is 30.6 Å². The Bertz CT molecular complexity index is 1350. The van der Waals surface area contributed by atoms with E-state index in [4.69, 9.17) is 4.74 Å². The third-order valence-electron chi connectivity index (χ3n) is 7.50. The van der Waals surface area contributed by atoms with Gasteiger partial charge in [-0.15, -0.1) is 11.8 Å². The largest absolute Gasteiger partial charge is 0.465 e. The smallest absolute Gasteiger partial charge is 0.324 e. The summed E-state index contributed by atoms with van der Waals surface area (Å²) in [4.78, 5) is 40.2. The van der Waals surface area contributed by atoms with E-state index in [0.29, 0.717) is 35.1 Å². The van der Waals surface area contributed by atoms with Crippen LogP contribution in [0.1, 0.15) is 50.0 Å². The second-order valence-electron chi connectivity index (χ2n) is 10.6. The number of benzene rings is 2. The number of nitrogens with zero attached hydrogens (tertiary/aromatic N) is 1. The van der Waals surface area contributed by atoms with Crippen LogP contribution in [0.3, 0.4) is 0 Å². The van der Waals surface area contributed by atoms with Crippen LogP contribution >= 0.6 is 11.8 Å². The molecule has 3 atom stereocenters. The molecule has 2 amide bonds. The summed E-state index contributed by atoms with van der Waals surface area (Å²) >= 11 is 1.65. The molecule has 5 rings (SSSR count). The number of hydrogen-bond acceptors (Lipinski definition) is 8. The van der Waals surface area contributed by atoms with Crippen molar-refractivity contribution in [3.05, 3.63) is 59.7 Å². The summed E-state index contributed by atoms with van der Waals surface area (Å²) in [6.45, 7) is 2.79. The molecule has 11 heteroatoms. The van der Waals surface area contributed by atoms with Crippen molar-refractivity contribution < 1.29 is 29.0 Å². The first-order valence-electron chi connectivity index (χ1n) is 13.8. The van der Waals surface area contributed by atoms with Crippen LogP contribution in [0.5, 0.6) is 0 Å². The van der Waals surface area contributed by atoms with Crippen LogP contribution in [0.25, 0.3) is 0 Å². The normalized spacial score (nSPS) is 22.7. The van der Waals surface area contributed by atoms with Gasteiger partial charge in [-0.1, -0.05) is 12.1 Å². The zero-order chi connectivity index (χ0) is 28.3. The van der Waals surface area contributed by atoms with Crippen LogP contribution < -0.4 is 10.6 Å². The third-order valence-corrected chi connectivity index (χ3v) is 10.7. The van der Waals surface area contributed by atoms with Crippen molar-refractivity contribution in [1.29, 1.82) is 0 Å². The molecule has 216 valence electrons. The zero-order valence-corrected chi connectivity index (χ0v) is 24.1. The van der Waals surface area contributed by atoms with E-state index < -0.39 is 9.84 Å². The minimum atomic E-state index is -3.28. The van der Waals surface area contributed by atoms with Crippen molar-refractivity contribution in [2.24, 2.45) is 5.92 Å². The summed E-state index contributed by atoms with van der Waals surface area (Å²) in [6.07, 6.45) is 3.83. The van der Waals surface area contributed by atoms with Crippen LogP contribution in [0.4, 0.5) is 5.69 Å². The van der Waals surface area contributed by atoms with E-state index in [9.17, 15) is 22.8 Å². The molecule has 3 fully saturated rings. The van der Waals surface area contributed by atoms with Gasteiger partial charge >= 0.3 is 5.97 Å². The summed E-state index contributed by atoms with van der Waals surface area (Å²) in [5.41, 5.74) is 1.84. The molecular weight excluding hydrogens is 550 g/mol. The SMILES string of the molecule is CCOC(=O)C1CSC(C2CCCN2C(=O)c2ccc(NC(=O)Cc3ccc(S(=O)(=O)CC4CC4)cc3)cc2)N1.[HH]. The maximum absolute atomic E-state index is 13.3. The number of esters is 1. The Morgan fingerprint density at radius 1 is 1.07 bits per heavy atom. The first kappa shape index (κ1) is 28.6. The van der Waals surface area contributed by atoms with Crippen molar-refractivity contribution in [2.45, 2.75) is 61.4 Å². The Balaban J connectivity index is 0.00000387. The Hall–Kier alpha value is -2.89. The Kier molecular flexibility index (Phi) is 8.82. The quantitative estimate of drug-likeness (QED) is 0.405. The predicted octanol–water partition coefficient (Wildman–Crippen LogP) is 3.50. The van der Waals surface area contributed by atoms with Gasteiger partial charge in [0.05, 0.1) is 35.1 Å². The van der Waals surface area contributed by atoms with Crippen molar-refractivity contribution in [2.75, 3.05) is 30.0 Å². The standard InChI is InChI=1S/C29H35N3O6S2.H2/c1-2-38-29(35)24-17-39-27(31-24)25-4-3-15-32(25)28(34)21-9-11-22(12-10-21)30-26(33)16-19-7-13-23(14-8-19)40(36,37)18-20-5-6-20;/h7-14,20,24-25,27,31H,2-6,15-18H2,1H3,(H,30,33);1H.